The minimum absolute atomic E-state index is 0.591. The van der Waals surface area contributed by atoms with Crippen molar-refractivity contribution in [2.45, 2.75) is 123 Å². The van der Waals surface area contributed by atoms with Crippen molar-refractivity contribution in [2.24, 2.45) is 17.8 Å². The predicted octanol–water partition coefficient (Wildman–Crippen LogP) is 7.53. The Morgan fingerprint density at radius 2 is 1.21 bits per heavy atom. The van der Waals surface area contributed by atoms with Crippen LogP contribution in [-0.4, -0.2) is 12.7 Å². The second kappa shape index (κ2) is 12.3. The van der Waals surface area contributed by atoms with Gasteiger partial charge in [0.15, 0.2) is 0 Å². The average Bonchev–Trinajstić information content (AvgIpc) is 2.64. The molecule has 0 atom stereocenters. The molecule has 2 aliphatic carbocycles. The maximum Gasteiger partial charge on any atom is 0.0575 e. The van der Waals surface area contributed by atoms with Crippen molar-refractivity contribution in [3.63, 3.8) is 0 Å². The second-order valence-electron chi connectivity index (χ2n) is 8.74. The van der Waals surface area contributed by atoms with Gasteiger partial charge in [0.25, 0.3) is 0 Å². The molecule has 0 aromatic rings. The lowest BCUT2D eigenvalue weighted by atomic mass is 9.70. The highest BCUT2D eigenvalue weighted by Gasteiger charge is 2.30. The van der Waals surface area contributed by atoms with Crippen molar-refractivity contribution in [1.29, 1.82) is 0 Å². The summed E-state index contributed by atoms with van der Waals surface area (Å²) in [6, 6.07) is 0. The molecule has 0 N–H and O–H groups in total. The summed E-state index contributed by atoms with van der Waals surface area (Å²) in [7, 11) is 0. The van der Waals surface area contributed by atoms with Crippen LogP contribution in [0.25, 0.3) is 0 Å². The fraction of sp³-hybridized carbons (Fsp3) is 1.00. The molecule has 0 bridgehead atoms. The van der Waals surface area contributed by atoms with Gasteiger partial charge in [-0.3, -0.25) is 0 Å². The minimum Gasteiger partial charge on any atom is -0.378 e. The quantitative estimate of drug-likeness (QED) is 0.354. The summed E-state index contributed by atoms with van der Waals surface area (Å²) in [5, 5.41) is 0. The lowest BCUT2D eigenvalue weighted by molar-refractivity contribution is 0.00538. The molecular formula is C23H44O. The van der Waals surface area contributed by atoms with Crippen LogP contribution in [0.4, 0.5) is 0 Å². The predicted molar refractivity (Wildman–Crippen MR) is 105 cm³/mol. The molecule has 0 aliphatic heterocycles. The molecule has 0 radical (unpaired) electrons. The van der Waals surface area contributed by atoms with E-state index in [4.69, 9.17) is 4.74 Å². The Balaban J connectivity index is 1.54. The number of rotatable bonds is 11. The molecule has 2 rings (SSSR count). The van der Waals surface area contributed by atoms with Gasteiger partial charge in [-0.25, -0.2) is 0 Å². The molecule has 0 amide bonds. The van der Waals surface area contributed by atoms with Crippen LogP contribution in [0.3, 0.4) is 0 Å². The Bertz CT molecular complexity index is 254. The molecule has 0 spiro atoms. The van der Waals surface area contributed by atoms with E-state index in [2.05, 4.69) is 13.8 Å². The fourth-order valence-electron chi connectivity index (χ4n) is 5.14. The molecule has 2 fully saturated rings. The maximum atomic E-state index is 6.10. The molecule has 1 nitrogen and oxygen atoms in total. The highest BCUT2D eigenvalue weighted by atomic mass is 16.5. The van der Waals surface area contributed by atoms with Crippen LogP contribution in [-0.2, 0) is 4.74 Å². The average molecular weight is 337 g/mol. The molecule has 0 aromatic carbocycles. The van der Waals surface area contributed by atoms with E-state index in [1.54, 1.807) is 0 Å². The van der Waals surface area contributed by atoms with Gasteiger partial charge in [0.1, 0.15) is 0 Å². The Labute approximate surface area is 152 Å². The lowest BCUT2D eigenvalue weighted by Gasteiger charge is -2.38. The molecule has 0 aromatic heterocycles. The van der Waals surface area contributed by atoms with Gasteiger partial charge < -0.3 is 4.74 Å². The maximum absolute atomic E-state index is 6.10. The summed E-state index contributed by atoms with van der Waals surface area (Å²) < 4.78 is 6.10. The van der Waals surface area contributed by atoms with Gasteiger partial charge in [0.05, 0.1) is 6.10 Å². The summed E-state index contributed by atoms with van der Waals surface area (Å²) >= 11 is 0. The topological polar surface area (TPSA) is 9.23 Å². The monoisotopic (exact) mass is 336 g/mol. The first-order valence-electron chi connectivity index (χ1n) is 11.4. The summed E-state index contributed by atoms with van der Waals surface area (Å²) in [4.78, 5) is 0. The van der Waals surface area contributed by atoms with E-state index in [1.807, 2.05) is 0 Å². The Morgan fingerprint density at radius 1 is 0.625 bits per heavy atom. The number of ether oxygens (including phenoxy) is 1. The van der Waals surface area contributed by atoms with E-state index >= 15 is 0 Å². The van der Waals surface area contributed by atoms with Gasteiger partial charge in [-0.05, 0) is 62.7 Å². The third kappa shape index (κ3) is 7.46. The van der Waals surface area contributed by atoms with Crippen molar-refractivity contribution in [3.8, 4) is 0 Å². The molecule has 0 heterocycles. The van der Waals surface area contributed by atoms with Crippen LogP contribution < -0.4 is 0 Å². The standard InChI is InChI=1S/C23H44O/c1-3-5-7-8-10-20-11-13-21(14-12-20)22-15-17-23(18-16-22)24-19-9-6-4-2/h20-23H,3-19H2,1-2H3. The fourth-order valence-corrected chi connectivity index (χ4v) is 5.14. The molecule has 2 saturated carbocycles. The second-order valence-corrected chi connectivity index (χ2v) is 8.74. The van der Waals surface area contributed by atoms with E-state index in [9.17, 15) is 0 Å². The largest absolute Gasteiger partial charge is 0.378 e. The van der Waals surface area contributed by atoms with Crippen molar-refractivity contribution in [3.05, 3.63) is 0 Å². The van der Waals surface area contributed by atoms with Gasteiger partial charge >= 0.3 is 0 Å². The van der Waals surface area contributed by atoms with E-state index in [1.165, 1.54) is 103 Å². The first kappa shape index (κ1) is 20.3. The number of hydrogen-bond donors (Lipinski definition) is 0. The zero-order chi connectivity index (χ0) is 17.0. The van der Waals surface area contributed by atoms with Gasteiger partial charge in [-0.1, -0.05) is 71.6 Å². The normalized spacial score (nSPS) is 31.2. The first-order valence-corrected chi connectivity index (χ1v) is 11.4. The SMILES string of the molecule is CCCCCCC1CCC(C2CCC(OCCCCC)CC2)CC1. The zero-order valence-corrected chi connectivity index (χ0v) is 16.7. The van der Waals surface area contributed by atoms with Crippen molar-refractivity contribution in [1.82, 2.24) is 0 Å². The molecule has 142 valence electrons. The van der Waals surface area contributed by atoms with Crippen LogP contribution in [0.5, 0.6) is 0 Å². The van der Waals surface area contributed by atoms with Crippen LogP contribution in [0, 0.1) is 17.8 Å². The number of hydrogen-bond acceptors (Lipinski definition) is 1. The molecule has 24 heavy (non-hydrogen) atoms. The Kier molecular flexibility index (Phi) is 10.4. The van der Waals surface area contributed by atoms with E-state index in [-0.39, 0.29) is 0 Å². The molecular weight excluding hydrogens is 292 g/mol. The molecule has 0 saturated heterocycles. The van der Waals surface area contributed by atoms with E-state index in [0.29, 0.717) is 6.10 Å². The Hall–Kier alpha value is -0.0400. The summed E-state index contributed by atoms with van der Waals surface area (Å²) in [6.45, 7) is 5.59. The van der Waals surface area contributed by atoms with Crippen LogP contribution in [0.15, 0.2) is 0 Å². The van der Waals surface area contributed by atoms with Crippen LogP contribution in [0.2, 0.25) is 0 Å². The van der Waals surface area contributed by atoms with Crippen molar-refractivity contribution in [2.75, 3.05) is 6.61 Å². The first-order chi connectivity index (χ1) is 11.8. The zero-order valence-electron chi connectivity index (χ0n) is 16.7. The van der Waals surface area contributed by atoms with E-state index in [0.717, 1.165) is 24.4 Å². The van der Waals surface area contributed by atoms with Crippen LogP contribution in [0.1, 0.15) is 117 Å². The van der Waals surface area contributed by atoms with Crippen molar-refractivity contribution < 1.29 is 4.74 Å². The van der Waals surface area contributed by atoms with Gasteiger partial charge in [-0.15, -0.1) is 0 Å². The smallest absolute Gasteiger partial charge is 0.0575 e. The minimum atomic E-state index is 0.591. The Morgan fingerprint density at radius 3 is 1.83 bits per heavy atom. The summed E-state index contributed by atoms with van der Waals surface area (Å²) in [5.74, 6) is 3.15. The van der Waals surface area contributed by atoms with Gasteiger partial charge in [0.2, 0.25) is 0 Å². The lowest BCUT2D eigenvalue weighted by Crippen LogP contribution is -2.28. The van der Waals surface area contributed by atoms with E-state index < -0.39 is 0 Å². The van der Waals surface area contributed by atoms with Crippen molar-refractivity contribution >= 4 is 0 Å². The molecule has 2 aliphatic rings. The van der Waals surface area contributed by atoms with Gasteiger partial charge in [0, 0.05) is 6.61 Å². The highest BCUT2D eigenvalue weighted by molar-refractivity contribution is 4.82. The summed E-state index contributed by atoms with van der Waals surface area (Å²) in [5.41, 5.74) is 0. The third-order valence-electron chi connectivity index (χ3n) is 6.84. The third-order valence-corrected chi connectivity index (χ3v) is 6.84. The van der Waals surface area contributed by atoms with Gasteiger partial charge in [-0.2, -0.15) is 0 Å². The highest BCUT2D eigenvalue weighted by Crippen LogP contribution is 2.41. The molecule has 0 unspecified atom stereocenters. The number of unbranched alkanes of at least 4 members (excludes halogenated alkanes) is 5. The summed E-state index contributed by atoms with van der Waals surface area (Å²) in [6.07, 6.45) is 23.5. The molecule has 1 heteroatoms. The van der Waals surface area contributed by atoms with Crippen LogP contribution >= 0.6 is 0 Å².